The Kier molecular flexibility index (Phi) is 9.25. The predicted octanol–water partition coefficient (Wildman–Crippen LogP) is 7.75. The van der Waals surface area contributed by atoms with Crippen LogP contribution in [0.2, 0.25) is 0 Å². The molecule has 3 rings (SSSR count). The van der Waals surface area contributed by atoms with E-state index in [9.17, 15) is 0 Å². The Morgan fingerprint density at radius 2 is 1.53 bits per heavy atom. The van der Waals surface area contributed by atoms with Crippen molar-refractivity contribution in [3.8, 4) is 0 Å². The lowest BCUT2D eigenvalue weighted by Crippen LogP contribution is -2.22. The molecule has 1 nitrogen and oxygen atoms in total. The van der Waals surface area contributed by atoms with Gasteiger partial charge in [-0.25, -0.2) is 0 Å². The molecule has 1 heteroatoms. The first-order valence-corrected chi connectivity index (χ1v) is 11.7. The first-order valence-electron chi connectivity index (χ1n) is 11.7. The number of hydrogen-bond donors (Lipinski definition) is 1. The third-order valence-electron chi connectivity index (χ3n) is 5.58. The summed E-state index contributed by atoms with van der Waals surface area (Å²) in [6.07, 6.45) is 28.9. The number of nitrogens with one attached hydrogen (secondary N) is 1. The molecule has 0 radical (unpaired) electrons. The van der Waals surface area contributed by atoms with Crippen molar-refractivity contribution in [2.24, 2.45) is 0 Å². The fourth-order valence-electron chi connectivity index (χ4n) is 3.86. The SMILES string of the molecule is C=Cc1c(/C=C\C)[nH]c2ccc(C(/C=C\C=C\C=C/C=C\C=c3/cccc/c3=C/C)=C/C)cc12. The summed E-state index contributed by atoms with van der Waals surface area (Å²) in [4.78, 5) is 3.47. The van der Waals surface area contributed by atoms with E-state index in [0.29, 0.717) is 0 Å². The summed E-state index contributed by atoms with van der Waals surface area (Å²) in [6.45, 7) is 10.2. The lowest BCUT2D eigenvalue weighted by molar-refractivity contribution is 1.42. The summed E-state index contributed by atoms with van der Waals surface area (Å²) in [5, 5.41) is 3.66. The van der Waals surface area contributed by atoms with Gasteiger partial charge in [0, 0.05) is 22.2 Å². The largest absolute Gasteiger partial charge is 0.355 e. The lowest BCUT2D eigenvalue weighted by Gasteiger charge is -2.03. The topological polar surface area (TPSA) is 15.8 Å². The molecule has 0 bridgehead atoms. The molecule has 0 aliphatic heterocycles. The van der Waals surface area contributed by atoms with Crippen molar-refractivity contribution >= 4 is 40.8 Å². The number of H-pyrrole nitrogens is 1. The van der Waals surface area contributed by atoms with E-state index in [1.54, 1.807) is 0 Å². The fraction of sp³-hybridized carbons (Fsp3) is 0.0909. The van der Waals surface area contributed by atoms with Crippen LogP contribution in [-0.2, 0) is 0 Å². The van der Waals surface area contributed by atoms with Crippen molar-refractivity contribution in [3.05, 3.63) is 137 Å². The van der Waals surface area contributed by atoms with Gasteiger partial charge in [-0.1, -0.05) is 116 Å². The molecule has 1 heterocycles. The van der Waals surface area contributed by atoms with Crippen LogP contribution in [0.5, 0.6) is 0 Å². The van der Waals surface area contributed by atoms with Gasteiger partial charge in [0.2, 0.25) is 0 Å². The second kappa shape index (κ2) is 12.8. The van der Waals surface area contributed by atoms with Gasteiger partial charge in [0.25, 0.3) is 0 Å². The standard InChI is InChI=1S/C33H33N/c1-5-18-32-30(8-4)31-25-29(23-24-33(31)34-32)27(7-3)19-14-12-10-9-11-13-15-21-28-22-17-16-20-26(28)6-2/h5-25,34H,4H2,1-3H3/b11-9-,12-10+,15-13-,18-5-,19-14-,26-6-,27-7+,28-21+. The minimum Gasteiger partial charge on any atom is -0.355 e. The van der Waals surface area contributed by atoms with Crippen molar-refractivity contribution in [2.45, 2.75) is 20.8 Å². The zero-order valence-electron chi connectivity index (χ0n) is 20.3. The zero-order chi connectivity index (χ0) is 24.2. The number of aromatic nitrogens is 1. The van der Waals surface area contributed by atoms with Crippen LogP contribution in [0.4, 0.5) is 0 Å². The molecule has 2 aromatic carbocycles. The van der Waals surface area contributed by atoms with Gasteiger partial charge >= 0.3 is 0 Å². The molecular weight excluding hydrogens is 410 g/mol. The number of benzene rings is 2. The van der Waals surface area contributed by atoms with Crippen molar-refractivity contribution < 1.29 is 0 Å². The maximum Gasteiger partial charge on any atom is 0.0465 e. The summed E-state index contributed by atoms with van der Waals surface area (Å²) < 4.78 is 0. The third-order valence-corrected chi connectivity index (χ3v) is 5.58. The van der Waals surface area contributed by atoms with Gasteiger partial charge < -0.3 is 4.98 Å². The van der Waals surface area contributed by atoms with E-state index in [1.165, 1.54) is 27.0 Å². The molecule has 0 unspecified atom stereocenters. The molecule has 1 N–H and O–H groups in total. The minimum atomic E-state index is 1.09. The molecule has 0 saturated carbocycles. The molecule has 170 valence electrons. The second-order valence-electron chi connectivity index (χ2n) is 7.76. The van der Waals surface area contributed by atoms with E-state index in [2.05, 4.69) is 110 Å². The smallest absolute Gasteiger partial charge is 0.0465 e. The molecule has 0 saturated heterocycles. The molecule has 1 aromatic heterocycles. The Labute approximate surface area is 203 Å². The predicted molar refractivity (Wildman–Crippen MR) is 154 cm³/mol. The summed E-state index contributed by atoms with van der Waals surface area (Å²) in [5.41, 5.74) is 5.72. The maximum atomic E-state index is 4.00. The van der Waals surface area contributed by atoms with E-state index in [-0.39, 0.29) is 0 Å². The van der Waals surface area contributed by atoms with Crippen LogP contribution >= 0.6 is 0 Å². The van der Waals surface area contributed by atoms with Gasteiger partial charge in [0.15, 0.2) is 0 Å². The quantitative estimate of drug-likeness (QED) is 0.343. The van der Waals surface area contributed by atoms with Crippen LogP contribution in [0, 0.1) is 0 Å². The van der Waals surface area contributed by atoms with Crippen molar-refractivity contribution in [1.82, 2.24) is 4.98 Å². The Bertz CT molecular complexity index is 1430. The first kappa shape index (κ1) is 24.5. The van der Waals surface area contributed by atoms with Crippen LogP contribution in [0.3, 0.4) is 0 Å². The van der Waals surface area contributed by atoms with Gasteiger partial charge in [-0.3, -0.25) is 0 Å². The summed E-state index contributed by atoms with van der Waals surface area (Å²) >= 11 is 0. The van der Waals surface area contributed by atoms with Crippen molar-refractivity contribution in [3.63, 3.8) is 0 Å². The number of allylic oxidation sites excluding steroid dienone is 11. The Morgan fingerprint density at radius 3 is 2.21 bits per heavy atom. The Morgan fingerprint density at radius 1 is 0.824 bits per heavy atom. The Hall–Kier alpha value is -4.10. The van der Waals surface area contributed by atoms with E-state index < -0.39 is 0 Å². The first-order chi connectivity index (χ1) is 16.7. The molecule has 0 aliphatic rings. The van der Waals surface area contributed by atoms with Crippen LogP contribution < -0.4 is 10.4 Å². The van der Waals surface area contributed by atoms with E-state index in [0.717, 1.165) is 16.8 Å². The van der Waals surface area contributed by atoms with Gasteiger partial charge in [-0.15, -0.1) is 0 Å². The molecular formula is C33H33N. The van der Waals surface area contributed by atoms with Gasteiger partial charge in [0.1, 0.15) is 0 Å². The monoisotopic (exact) mass is 443 g/mol. The van der Waals surface area contributed by atoms with Crippen LogP contribution in [-0.4, -0.2) is 4.98 Å². The van der Waals surface area contributed by atoms with Crippen LogP contribution in [0.1, 0.15) is 37.6 Å². The normalized spacial score (nSPS) is 14.4. The molecule has 0 amide bonds. The third kappa shape index (κ3) is 6.24. The zero-order valence-corrected chi connectivity index (χ0v) is 20.3. The number of hydrogen-bond acceptors (Lipinski definition) is 0. The summed E-state index contributed by atoms with van der Waals surface area (Å²) in [6, 6.07) is 14.9. The molecule has 0 spiro atoms. The average molecular weight is 444 g/mol. The molecule has 0 atom stereocenters. The number of aromatic amines is 1. The molecule has 0 aliphatic carbocycles. The van der Waals surface area contributed by atoms with Gasteiger partial charge in [-0.2, -0.15) is 0 Å². The summed E-state index contributed by atoms with van der Waals surface area (Å²) in [7, 11) is 0. The van der Waals surface area contributed by atoms with E-state index in [4.69, 9.17) is 0 Å². The molecule has 34 heavy (non-hydrogen) atoms. The second-order valence-corrected chi connectivity index (χ2v) is 7.76. The van der Waals surface area contributed by atoms with E-state index in [1.807, 2.05) is 49.5 Å². The maximum absolute atomic E-state index is 4.00. The highest BCUT2D eigenvalue weighted by atomic mass is 14.7. The van der Waals surface area contributed by atoms with E-state index >= 15 is 0 Å². The lowest BCUT2D eigenvalue weighted by atomic mass is 10.0. The fourth-order valence-corrected chi connectivity index (χ4v) is 3.86. The van der Waals surface area contributed by atoms with Crippen LogP contribution in [0.25, 0.3) is 40.8 Å². The minimum absolute atomic E-state index is 1.09. The highest BCUT2D eigenvalue weighted by molar-refractivity contribution is 5.95. The highest BCUT2D eigenvalue weighted by Crippen LogP contribution is 2.28. The van der Waals surface area contributed by atoms with Crippen molar-refractivity contribution in [1.29, 1.82) is 0 Å². The van der Waals surface area contributed by atoms with Gasteiger partial charge in [0.05, 0.1) is 0 Å². The van der Waals surface area contributed by atoms with Gasteiger partial charge in [-0.05, 0) is 60.6 Å². The highest BCUT2D eigenvalue weighted by Gasteiger charge is 2.08. The molecule has 0 fully saturated rings. The Balaban J connectivity index is 1.67. The summed E-state index contributed by atoms with van der Waals surface area (Å²) in [5.74, 6) is 0. The average Bonchev–Trinajstić information content (AvgIpc) is 3.22. The van der Waals surface area contributed by atoms with Crippen molar-refractivity contribution in [2.75, 3.05) is 0 Å². The number of fused-ring (bicyclic) bond motifs is 1. The number of rotatable bonds is 8. The van der Waals surface area contributed by atoms with Crippen LogP contribution in [0.15, 0.2) is 110 Å². The molecule has 3 aromatic rings.